The third-order valence-electron chi connectivity index (χ3n) is 1.56. The maximum atomic E-state index is 12.8. The van der Waals surface area contributed by atoms with E-state index >= 15 is 0 Å². The van der Waals surface area contributed by atoms with Gasteiger partial charge in [0, 0.05) is 11.8 Å². The zero-order chi connectivity index (χ0) is 10.8. The van der Waals surface area contributed by atoms with Crippen LogP contribution in [0.15, 0.2) is 18.5 Å². The zero-order valence-corrected chi connectivity index (χ0v) is 8.03. The number of rotatable bonds is 2. The normalized spacial score (nSPS) is 10.2. The molecule has 0 unspecified atom stereocenters. The Morgan fingerprint density at radius 2 is 2.20 bits per heavy atom. The van der Waals surface area contributed by atoms with E-state index in [9.17, 15) is 9.18 Å². The van der Waals surface area contributed by atoms with Gasteiger partial charge in [-0.15, -0.1) is 10.2 Å². The van der Waals surface area contributed by atoms with Crippen LogP contribution >= 0.6 is 11.3 Å². The van der Waals surface area contributed by atoms with Gasteiger partial charge in [-0.25, -0.2) is 9.18 Å². The summed E-state index contributed by atoms with van der Waals surface area (Å²) >= 11 is 0.874. The van der Waals surface area contributed by atoms with Crippen molar-refractivity contribution in [3.05, 3.63) is 29.3 Å². The van der Waals surface area contributed by atoms with Crippen molar-refractivity contribution in [3.8, 4) is 10.6 Å². The predicted molar refractivity (Wildman–Crippen MR) is 50.1 cm³/mol. The fraction of sp³-hybridized carbons (Fsp3) is 0. The van der Waals surface area contributed by atoms with Crippen molar-refractivity contribution in [1.82, 2.24) is 15.2 Å². The Morgan fingerprint density at radius 1 is 1.40 bits per heavy atom. The van der Waals surface area contributed by atoms with Gasteiger partial charge < -0.3 is 5.11 Å². The van der Waals surface area contributed by atoms with Crippen molar-refractivity contribution in [3.63, 3.8) is 0 Å². The molecule has 2 aromatic rings. The molecule has 0 aliphatic carbocycles. The first-order chi connectivity index (χ1) is 7.16. The number of carbonyl (C=O) groups is 1. The smallest absolute Gasteiger partial charge is 0.367 e. The molecular weight excluding hydrogens is 221 g/mol. The summed E-state index contributed by atoms with van der Waals surface area (Å²) in [6, 6.07) is 1.22. The Hall–Kier alpha value is -1.89. The maximum absolute atomic E-state index is 12.8. The molecule has 0 aliphatic rings. The molecule has 0 aliphatic heterocycles. The Kier molecular flexibility index (Phi) is 2.38. The fourth-order valence-electron chi connectivity index (χ4n) is 0.955. The van der Waals surface area contributed by atoms with E-state index in [1.54, 1.807) is 0 Å². The van der Waals surface area contributed by atoms with Crippen LogP contribution in [0.4, 0.5) is 4.39 Å². The van der Waals surface area contributed by atoms with Crippen LogP contribution in [0.5, 0.6) is 0 Å². The molecule has 0 saturated heterocycles. The van der Waals surface area contributed by atoms with Gasteiger partial charge in [0.25, 0.3) is 0 Å². The van der Waals surface area contributed by atoms with E-state index in [0.717, 1.165) is 17.5 Å². The highest BCUT2D eigenvalue weighted by Crippen LogP contribution is 2.22. The SMILES string of the molecule is O=C(O)c1nnc(-c2cncc(F)c2)s1. The average Bonchev–Trinajstić information content (AvgIpc) is 2.66. The average molecular weight is 225 g/mol. The third kappa shape index (κ3) is 1.96. The van der Waals surface area contributed by atoms with Crippen molar-refractivity contribution in [2.45, 2.75) is 0 Å². The molecule has 0 saturated carbocycles. The number of hydrogen-bond donors (Lipinski definition) is 1. The molecule has 0 fully saturated rings. The summed E-state index contributed by atoms with van der Waals surface area (Å²) in [4.78, 5) is 14.2. The molecular formula is C8H4FN3O2S. The van der Waals surface area contributed by atoms with Gasteiger partial charge >= 0.3 is 5.97 Å². The van der Waals surface area contributed by atoms with E-state index in [-0.39, 0.29) is 5.01 Å². The van der Waals surface area contributed by atoms with Gasteiger partial charge in [-0.3, -0.25) is 4.98 Å². The van der Waals surface area contributed by atoms with E-state index in [4.69, 9.17) is 5.11 Å². The summed E-state index contributed by atoms with van der Waals surface area (Å²) in [5, 5.41) is 15.9. The van der Waals surface area contributed by atoms with Crippen LogP contribution in [0.2, 0.25) is 0 Å². The Balaban J connectivity index is 2.41. The highest BCUT2D eigenvalue weighted by molar-refractivity contribution is 7.16. The van der Waals surface area contributed by atoms with Crippen LogP contribution in [0, 0.1) is 5.82 Å². The first kappa shape index (κ1) is 9.66. The quantitative estimate of drug-likeness (QED) is 0.836. The molecule has 0 aromatic carbocycles. The van der Waals surface area contributed by atoms with Gasteiger partial charge in [0.05, 0.1) is 6.20 Å². The number of carboxylic acid groups (broad SMARTS) is 1. The van der Waals surface area contributed by atoms with E-state index in [0.29, 0.717) is 10.6 Å². The number of aromatic nitrogens is 3. The summed E-state index contributed by atoms with van der Waals surface area (Å²) in [5.41, 5.74) is 0.417. The van der Waals surface area contributed by atoms with E-state index < -0.39 is 11.8 Å². The summed E-state index contributed by atoms with van der Waals surface area (Å²) in [6.07, 6.45) is 2.46. The van der Waals surface area contributed by atoms with Gasteiger partial charge in [-0.2, -0.15) is 0 Å². The number of pyridine rings is 1. The molecule has 15 heavy (non-hydrogen) atoms. The molecule has 0 atom stereocenters. The van der Waals surface area contributed by atoms with Crippen LogP contribution < -0.4 is 0 Å². The highest BCUT2D eigenvalue weighted by Gasteiger charge is 2.12. The van der Waals surface area contributed by atoms with Crippen molar-refractivity contribution in [1.29, 1.82) is 0 Å². The van der Waals surface area contributed by atoms with Gasteiger partial charge in [0.1, 0.15) is 10.8 Å². The maximum Gasteiger partial charge on any atom is 0.367 e. The van der Waals surface area contributed by atoms with E-state index in [1.165, 1.54) is 12.3 Å². The first-order valence-corrected chi connectivity index (χ1v) is 4.66. The molecule has 2 heterocycles. The lowest BCUT2D eigenvalue weighted by Crippen LogP contribution is -1.93. The summed E-state index contributed by atoms with van der Waals surface area (Å²) in [5.74, 6) is -1.65. The molecule has 2 rings (SSSR count). The fourth-order valence-corrected chi connectivity index (χ4v) is 1.62. The minimum atomic E-state index is -1.15. The minimum Gasteiger partial charge on any atom is -0.476 e. The second-order valence-electron chi connectivity index (χ2n) is 2.61. The van der Waals surface area contributed by atoms with Gasteiger partial charge in [-0.1, -0.05) is 11.3 Å². The van der Waals surface area contributed by atoms with E-state index in [1.807, 2.05) is 0 Å². The second kappa shape index (κ2) is 3.70. The lowest BCUT2D eigenvalue weighted by Gasteiger charge is -1.92. The number of nitrogens with zero attached hydrogens (tertiary/aromatic N) is 3. The molecule has 0 radical (unpaired) electrons. The Bertz CT molecular complexity index is 514. The van der Waals surface area contributed by atoms with Gasteiger partial charge in [-0.05, 0) is 6.07 Å². The van der Waals surface area contributed by atoms with Crippen LogP contribution in [0.3, 0.4) is 0 Å². The zero-order valence-electron chi connectivity index (χ0n) is 7.22. The van der Waals surface area contributed by atoms with Gasteiger partial charge in [0.15, 0.2) is 0 Å². The number of aromatic carboxylic acids is 1. The number of halogens is 1. The first-order valence-electron chi connectivity index (χ1n) is 3.84. The lowest BCUT2D eigenvalue weighted by atomic mass is 10.3. The Morgan fingerprint density at radius 3 is 2.80 bits per heavy atom. The molecule has 1 N–H and O–H groups in total. The van der Waals surface area contributed by atoms with Crippen molar-refractivity contribution < 1.29 is 14.3 Å². The number of hydrogen-bond acceptors (Lipinski definition) is 5. The van der Waals surface area contributed by atoms with Crippen molar-refractivity contribution in [2.24, 2.45) is 0 Å². The van der Waals surface area contributed by atoms with E-state index in [2.05, 4.69) is 15.2 Å². The Labute approximate surface area is 87.2 Å². The molecule has 0 bridgehead atoms. The largest absolute Gasteiger partial charge is 0.476 e. The lowest BCUT2D eigenvalue weighted by molar-refractivity contribution is 0.0695. The molecule has 2 aromatic heterocycles. The van der Waals surface area contributed by atoms with Crippen molar-refractivity contribution in [2.75, 3.05) is 0 Å². The molecule has 76 valence electrons. The van der Waals surface area contributed by atoms with Crippen molar-refractivity contribution >= 4 is 17.3 Å². The monoisotopic (exact) mass is 225 g/mol. The highest BCUT2D eigenvalue weighted by atomic mass is 32.1. The van der Waals surface area contributed by atoms with Crippen LogP contribution in [-0.4, -0.2) is 26.3 Å². The van der Waals surface area contributed by atoms with Crippen LogP contribution in [0.25, 0.3) is 10.6 Å². The van der Waals surface area contributed by atoms with Gasteiger partial charge in [0.2, 0.25) is 5.01 Å². The topological polar surface area (TPSA) is 76.0 Å². The summed E-state index contributed by atoms with van der Waals surface area (Å²) in [7, 11) is 0. The van der Waals surface area contributed by atoms with Crippen LogP contribution in [-0.2, 0) is 0 Å². The predicted octanol–water partition coefficient (Wildman–Crippen LogP) is 1.44. The second-order valence-corrected chi connectivity index (χ2v) is 3.59. The standard InChI is InChI=1S/C8H4FN3O2S/c9-5-1-4(2-10-3-5)6-11-12-7(15-6)8(13)14/h1-3H,(H,13,14). The molecule has 0 amide bonds. The molecule has 0 spiro atoms. The minimum absolute atomic E-state index is 0.130. The molecule has 7 heteroatoms. The third-order valence-corrected chi connectivity index (χ3v) is 2.52. The van der Waals surface area contributed by atoms with Crippen LogP contribution in [0.1, 0.15) is 9.80 Å². The molecule has 5 nitrogen and oxygen atoms in total. The summed E-state index contributed by atoms with van der Waals surface area (Å²) in [6.45, 7) is 0. The number of carboxylic acids is 1. The summed E-state index contributed by atoms with van der Waals surface area (Å²) < 4.78 is 12.8.